The molecule has 18 heavy (non-hydrogen) atoms. The van der Waals surface area contributed by atoms with Gasteiger partial charge in [-0.1, -0.05) is 35.5 Å². The molecule has 2 rings (SSSR count). The number of hydrogen-bond donors (Lipinski definition) is 2. The van der Waals surface area contributed by atoms with E-state index in [2.05, 4.69) is 10.5 Å². The Hall–Kier alpha value is -1.88. The molecule has 0 radical (unpaired) electrons. The van der Waals surface area contributed by atoms with E-state index in [1.807, 2.05) is 30.3 Å². The van der Waals surface area contributed by atoms with Gasteiger partial charge in [-0.3, -0.25) is 10.1 Å². The number of oxime groups is 1. The SMILES string of the molecule is O=C(O)[C@H]1CC/C(=N\OCc2ccccc2)CN1. The molecule has 1 atom stereocenters. The van der Waals surface area contributed by atoms with Crippen molar-refractivity contribution in [1.29, 1.82) is 0 Å². The molecule has 0 saturated carbocycles. The molecule has 0 spiro atoms. The molecule has 1 fully saturated rings. The van der Waals surface area contributed by atoms with E-state index in [4.69, 9.17) is 9.94 Å². The van der Waals surface area contributed by atoms with Gasteiger partial charge in [0, 0.05) is 6.54 Å². The van der Waals surface area contributed by atoms with Gasteiger partial charge in [0.05, 0.1) is 5.71 Å². The molecule has 1 aromatic rings. The Bertz CT molecular complexity index is 421. The topological polar surface area (TPSA) is 70.9 Å². The number of nitrogens with zero attached hydrogens (tertiary/aromatic N) is 1. The zero-order valence-electron chi connectivity index (χ0n) is 10.0. The van der Waals surface area contributed by atoms with Crippen molar-refractivity contribution in [2.75, 3.05) is 6.54 Å². The fourth-order valence-electron chi connectivity index (χ4n) is 1.80. The Balaban J connectivity index is 1.76. The molecule has 0 bridgehead atoms. The van der Waals surface area contributed by atoms with Crippen LogP contribution in [0.5, 0.6) is 0 Å². The normalized spacial score (nSPS) is 21.8. The summed E-state index contributed by atoms with van der Waals surface area (Å²) in [6.07, 6.45) is 1.22. The van der Waals surface area contributed by atoms with Crippen LogP contribution in [-0.2, 0) is 16.2 Å². The maximum Gasteiger partial charge on any atom is 0.320 e. The number of piperidine rings is 1. The summed E-state index contributed by atoms with van der Waals surface area (Å²) in [6, 6.07) is 9.33. The first-order valence-corrected chi connectivity index (χ1v) is 5.93. The molecule has 0 amide bonds. The maximum atomic E-state index is 10.7. The van der Waals surface area contributed by atoms with Crippen molar-refractivity contribution in [3.05, 3.63) is 35.9 Å². The fourth-order valence-corrected chi connectivity index (χ4v) is 1.80. The lowest BCUT2D eigenvalue weighted by atomic mass is 10.0. The molecule has 0 unspecified atom stereocenters. The molecule has 1 aliphatic rings. The number of nitrogens with one attached hydrogen (secondary N) is 1. The Morgan fingerprint density at radius 2 is 2.22 bits per heavy atom. The standard InChI is InChI=1S/C13H16N2O3/c16-13(17)12-7-6-11(8-14-12)15-18-9-10-4-2-1-3-5-10/h1-5,12,14H,6-9H2,(H,16,17)/b15-11+/t12-/m1/s1. The Morgan fingerprint density at radius 1 is 1.44 bits per heavy atom. The molecule has 96 valence electrons. The van der Waals surface area contributed by atoms with Gasteiger partial charge in [0.25, 0.3) is 0 Å². The van der Waals surface area contributed by atoms with Crippen LogP contribution in [0.3, 0.4) is 0 Å². The second kappa shape index (κ2) is 6.16. The van der Waals surface area contributed by atoms with E-state index in [0.717, 1.165) is 11.3 Å². The molecule has 1 saturated heterocycles. The van der Waals surface area contributed by atoms with Gasteiger partial charge in [0.2, 0.25) is 0 Å². The summed E-state index contributed by atoms with van der Waals surface area (Å²) in [5.41, 5.74) is 1.93. The van der Waals surface area contributed by atoms with Crippen molar-refractivity contribution in [1.82, 2.24) is 5.32 Å². The molecular formula is C13H16N2O3. The predicted molar refractivity (Wildman–Crippen MR) is 67.3 cm³/mol. The molecule has 2 N–H and O–H groups in total. The van der Waals surface area contributed by atoms with Crippen LogP contribution >= 0.6 is 0 Å². The Labute approximate surface area is 105 Å². The van der Waals surface area contributed by atoms with Crippen LogP contribution in [0.1, 0.15) is 18.4 Å². The monoisotopic (exact) mass is 248 g/mol. The Morgan fingerprint density at radius 3 is 2.83 bits per heavy atom. The minimum absolute atomic E-state index is 0.437. The molecule has 5 heteroatoms. The second-order valence-electron chi connectivity index (χ2n) is 4.23. The zero-order valence-corrected chi connectivity index (χ0v) is 10.0. The van der Waals surface area contributed by atoms with Crippen molar-refractivity contribution in [3.63, 3.8) is 0 Å². The first-order valence-electron chi connectivity index (χ1n) is 5.93. The lowest BCUT2D eigenvalue weighted by Gasteiger charge is -2.20. The summed E-state index contributed by atoms with van der Waals surface area (Å²) < 4.78 is 0. The quantitative estimate of drug-likeness (QED) is 0.790. The largest absolute Gasteiger partial charge is 0.480 e. The van der Waals surface area contributed by atoms with Gasteiger partial charge in [-0.25, -0.2) is 0 Å². The van der Waals surface area contributed by atoms with Crippen LogP contribution in [0.15, 0.2) is 35.5 Å². The lowest BCUT2D eigenvalue weighted by molar-refractivity contribution is -0.139. The maximum absolute atomic E-state index is 10.7. The summed E-state index contributed by atoms with van der Waals surface area (Å²) >= 11 is 0. The smallest absolute Gasteiger partial charge is 0.320 e. The highest BCUT2D eigenvalue weighted by molar-refractivity contribution is 5.88. The van der Waals surface area contributed by atoms with E-state index in [-0.39, 0.29) is 0 Å². The highest BCUT2D eigenvalue weighted by Crippen LogP contribution is 2.07. The molecule has 1 aliphatic heterocycles. The minimum atomic E-state index is -0.806. The predicted octanol–water partition coefficient (Wildman–Crippen LogP) is 1.40. The van der Waals surface area contributed by atoms with Gasteiger partial charge >= 0.3 is 5.97 Å². The van der Waals surface area contributed by atoms with Gasteiger partial charge in [0.1, 0.15) is 12.6 Å². The van der Waals surface area contributed by atoms with E-state index in [9.17, 15) is 4.79 Å². The molecule has 5 nitrogen and oxygen atoms in total. The second-order valence-corrected chi connectivity index (χ2v) is 4.23. The third kappa shape index (κ3) is 3.56. The highest BCUT2D eigenvalue weighted by atomic mass is 16.6. The average molecular weight is 248 g/mol. The molecule has 0 aromatic heterocycles. The van der Waals surface area contributed by atoms with Crippen molar-refractivity contribution >= 4 is 11.7 Å². The number of benzene rings is 1. The van der Waals surface area contributed by atoms with Crippen molar-refractivity contribution in [2.45, 2.75) is 25.5 Å². The minimum Gasteiger partial charge on any atom is -0.480 e. The van der Waals surface area contributed by atoms with Crippen LogP contribution in [0.2, 0.25) is 0 Å². The van der Waals surface area contributed by atoms with E-state index in [1.54, 1.807) is 0 Å². The third-order valence-electron chi connectivity index (χ3n) is 2.84. The molecular weight excluding hydrogens is 232 g/mol. The van der Waals surface area contributed by atoms with Gasteiger partial charge in [-0.05, 0) is 18.4 Å². The van der Waals surface area contributed by atoms with Crippen molar-refractivity contribution in [3.8, 4) is 0 Å². The van der Waals surface area contributed by atoms with E-state index >= 15 is 0 Å². The summed E-state index contributed by atoms with van der Waals surface area (Å²) in [7, 11) is 0. The average Bonchev–Trinajstić information content (AvgIpc) is 2.40. The van der Waals surface area contributed by atoms with Gasteiger partial charge in [0.15, 0.2) is 0 Å². The van der Waals surface area contributed by atoms with Crippen molar-refractivity contribution in [2.24, 2.45) is 5.16 Å². The van der Waals surface area contributed by atoms with Crippen LogP contribution in [0, 0.1) is 0 Å². The third-order valence-corrected chi connectivity index (χ3v) is 2.84. The van der Waals surface area contributed by atoms with Gasteiger partial charge in [-0.2, -0.15) is 0 Å². The number of carboxylic acid groups (broad SMARTS) is 1. The van der Waals surface area contributed by atoms with Crippen LogP contribution in [-0.4, -0.2) is 29.4 Å². The van der Waals surface area contributed by atoms with E-state index in [0.29, 0.717) is 26.0 Å². The summed E-state index contributed by atoms with van der Waals surface area (Å²) in [5.74, 6) is -0.806. The van der Waals surface area contributed by atoms with Crippen LogP contribution in [0.25, 0.3) is 0 Å². The number of rotatable bonds is 4. The first-order chi connectivity index (χ1) is 8.75. The van der Waals surface area contributed by atoms with Crippen LogP contribution < -0.4 is 5.32 Å². The van der Waals surface area contributed by atoms with Crippen LogP contribution in [0.4, 0.5) is 0 Å². The van der Waals surface area contributed by atoms with E-state index < -0.39 is 12.0 Å². The number of carbonyl (C=O) groups is 1. The number of carboxylic acids is 1. The highest BCUT2D eigenvalue weighted by Gasteiger charge is 2.22. The molecule has 0 aliphatic carbocycles. The molecule has 1 aromatic carbocycles. The van der Waals surface area contributed by atoms with E-state index in [1.165, 1.54) is 0 Å². The summed E-state index contributed by atoms with van der Waals surface area (Å²) in [4.78, 5) is 16.0. The Kier molecular flexibility index (Phi) is 4.30. The molecule has 1 heterocycles. The van der Waals surface area contributed by atoms with Gasteiger partial charge in [-0.15, -0.1) is 0 Å². The first kappa shape index (κ1) is 12.6. The number of hydrogen-bond acceptors (Lipinski definition) is 4. The number of aliphatic carboxylic acids is 1. The zero-order chi connectivity index (χ0) is 12.8. The summed E-state index contributed by atoms with van der Waals surface area (Å²) in [6.45, 7) is 0.915. The summed E-state index contributed by atoms with van der Waals surface area (Å²) in [5, 5.41) is 15.8. The van der Waals surface area contributed by atoms with Crippen molar-refractivity contribution < 1.29 is 14.7 Å². The lowest BCUT2D eigenvalue weighted by Crippen LogP contribution is -2.44. The fraction of sp³-hybridized carbons (Fsp3) is 0.385. The van der Waals surface area contributed by atoms with Gasteiger partial charge < -0.3 is 9.94 Å².